The molecule has 3 aromatic rings. The Bertz CT molecular complexity index is 906. The molecular weight excluding hydrogens is 317 g/mol. The third-order valence-electron chi connectivity index (χ3n) is 3.43. The van der Waals surface area contributed by atoms with E-state index in [0.29, 0.717) is 16.3 Å². The van der Waals surface area contributed by atoms with Crippen LogP contribution in [0.5, 0.6) is 0 Å². The lowest BCUT2D eigenvalue weighted by molar-refractivity contribution is 0.583. The normalized spacial score (nSPS) is 10.7. The molecule has 0 bridgehead atoms. The molecule has 0 saturated carbocycles. The summed E-state index contributed by atoms with van der Waals surface area (Å²) in [4.78, 5) is 15.9. The van der Waals surface area contributed by atoms with Crippen LogP contribution in [0.25, 0.3) is 11.3 Å². The van der Waals surface area contributed by atoms with Crippen LogP contribution in [-0.2, 0) is 6.54 Å². The highest BCUT2D eigenvalue weighted by atomic mass is 35.5. The second kappa shape index (κ2) is 6.30. The smallest absolute Gasteiger partial charge is 0.268 e. The molecule has 6 heteroatoms. The van der Waals surface area contributed by atoms with Crippen LogP contribution in [0.3, 0.4) is 0 Å². The number of hydrogen-bond donors (Lipinski definition) is 0. The molecule has 2 heterocycles. The zero-order valence-electron chi connectivity index (χ0n) is 12.3. The molecule has 0 aliphatic carbocycles. The largest absolute Gasteiger partial charge is 0.270 e. The molecule has 0 unspecified atom stereocenters. The van der Waals surface area contributed by atoms with Gasteiger partial charge in [0.15, 0.2) is 0 Å². The van der Waals surface area contributed by atoms with Gasteiger partial charge in [-0.05, 0) is 42.8 Å². The van der Waals surface area contributed by atoms with Gasteiger partial charge in [-0.15, -0.1) is 0 Å². The van der Waals surface area contributed by atoms with Crippen molar-refractivity contribution in [3.63, 3.8) is 0 Å². The van der Waals surface area contributed by atoms with Crippen molar-refractivity contribution in [2.45, 2.75) is 13.5 Å². The summed E-state index contributed by atoms with van der Waals surface area (Å²) in [7, 11) is 0. The monoisotopic (exact) mass is 329 g/mol. The number of hydrogen-bond acceptors (Lipinski definition) is 3. The van der Waals surface area contributed by atoms with Crippen LogP contribution in [0.15, 0.2) is 53.5 Å². The predicted octanol–water partition coefficient (Wildman–Crippen LogP) is 3.45. The molecular formula is C17H13ClFN3O. The van der Waals surface area contributed by atoms with E-state index in [1.165, 1.54) is 10.9 Å². The lowest BCUT2D eigenvalue weighted by Crippen LogP contribution is -2.26. The van der Waals surface area contributed by atoms with E-state index in [2.05, 4.69) is 10.1 Å². The molecule has 0 aliphatic rings. The zero-order valence-corrected chi connectivity index (χ0v) is 13.1. The summed E-state index contributed by atoms with van der Waals surface area (Å²) in [5.74, 6) is -0.615. The van der Waals surface area contributed by atoms with E-state index in [9.17, 15) is 9.18 Å². The molecule has 0 N–H and O–H groups in total. The molecule has 0 radical (unpaired) electrons. The summed E-state index contributed by atoms with van der Waals surface area (Å²) in [5.41, 5.74) is 1.80. The highest BCUT2D eigenvalue weighted by Crippen LogP contribution is 2.18. The van der Waals surface area contributed by atoms with Crippen molar-refractivity contribution in [2.24, 2.45) is 0 Å². The standard InChI is InChI=1S/C17H13ClFN3O/c1-11-9-15(14-3-2-8-20-16(14)19)21-22(17(11)23)10-12-4-6-13(18)7-5-12/h2-9H,10H2,1H3. The highest BCUT2D eigenvalue weighted by Gasteiger charge is 2.11. The Morgan fingerprint density at radius 3 is 2.65 bits per heavy atom. The minimum absolute atomic E-state index is 0.215. The first kappa shape index (κ1) is 15.4. The number of pyridine rings is 1. The zero-order chi connectivity index (χ0) is 16.4. The van der Waals surface area contributed by atoms with Crippen LogP contribution < -0.4 is 5.56 Å². The molecule has 3 rings (SSSR count). The minimum Gasteiger partial charge on any atom is -0.268 e. The van der Waals surface area contributed by atoms with Crippen molar-refractivity contribution in [3.8, 4) is 11.3 Å². The molecule has 23 heavy (non-hydrogen) atoms. The molecule has 4 nitrogen and oxygen atoms in total. The van der Waals surface area contributed by atoms with Crippen molar-refractivity contribution in [1.29, 1.82) is 0 Å². The van der Waals surface area contributed by atoms with Gasteiger partial charge in [0, 0.05) is 16.8 Å². The van der Waals surface area contributed by atoms with Gasteiger partial charge in [-0.3, -0.25) is 4.79 Å². The summed E-state index contributed by atoms with van der Waals surface area (Å²) >= 11 is 5.86. The van der Waals surface area contributed by atoms with Crippen LogP contribution in [0.2, 0.25) is 5.02 Å². The molecule has 0 amide bonds. The van der Waals surface area contributed by atoms with Gasteiger partial charge in [-0.1, -0.05) is 23.7 Å². The van der Waals surface area contributed by atoms with Crippen LogP contribution in [0.4, 0.5) is 4.39 Å². The maximum Gasteiger partial charge on any atom is 0.270 e. The SMILES string of the molecule is Cc1cc(-c2cccnc2F)nn(Cc2ccc(Cl)cc2)c1=O. The number of nitrogens with zero attached hydrogens (tertiary/aromatic N) is 3. The average molecular weight is 330 g/mol. The van der Waals surface area contributed by atoms with Gasteiger partial charge in [0.1, 0.15) is 0 Å². The van der Waals surface area contributed by atoms with Crippen molar-refractivity contribution in [3.05, 3.63) is 81.1 Å². The summed E-state index contributed by atoms with van der Waals surface area (Å²) in [5, 5.41) is 4.89. The fourth-order valence-corrected chi connectivity index (χ4v) is 2.38. The van der Waals surface area contributed by atoms with E-state index in [1.807, 2.05) is 12.1 Å². The minimum atomic E-state index is -0.615. The molecule has 116 valence electrons. The molecule has 1 aromatic carbocycles. The summed E-state index contributed by atoms with van der Waals surface area (Å²) in [6.45, 7) is 1.96. The molecule has 0 spiro atoms. The van der Waals surface area contributed by atoms with Gasteiger partial charge in [0.25, 0.3) is 5.56 Å². The molecule has 0 fully saturated rings. The first-order chi connectivity index (χ1) is 11.0. The molecule has 0 aliphatic heterocycles. The molecule has 0 atom stereocenters. The third-order valence-corrected chi connectivity index (χ3v) is 3.69. The maximum atomic E-state index is 13.9. The Morgan fingerprint density at radius 1 is 1.22 bits per heavy atom. The van der Waals surface area contributed by atoms with E-state index in [1.54, 1.807) is 37.3 Å². The second-order valence-corrected chi connectivity index (χ2v) is 5.58. The van der Waals surface area contributed by atoms with Crippen molar-refractivity contribution >= 4 is 11.6 Å². The van der Waals surface area contributed by atoms with E-state index >= 15 is 0 Å². The van der Waals surface area contributed by atoms with E-state index in [0.717, 1.165) is 5.56 Å². The maximum absolute atomic E-state index is 13.9. The quantitative estimate of drug-likeness (QED) is 0.691. The van der Waals surface area contributed by atoms with E-state index in [-0.39, 0.29) is 17.7 Å². The lowest BCUT2D eigenvalue weighted by Gasteiger charge is -2.09. The second-order valence-electron chi connectivity index (χ2n) is 5.14. The number of halogens is 2. The lowest BCUT2D eigenvalue weighted by atomic mass is 10.1. The summed E-state index contributed by atoms with van der Waals surface area (Å²) in [6, 6.07) is 11.9. The van der Waals surface area contributed by atoms with Gasteiger partial charge in [0.2, 0.25) is 5.95 Å². The van der Waals surface area contributed by atoms with Gasteiger partial charge >= 0.3 is 0 Å². The van der Waals surface area contributed by atoms with Gasteiger partial charge < -0.3 is 0 Å². The van der Waals surface area contributed by atoms with Crippen LogP contribution >= 0.6 is 11.6 Å². The van der Waals surface area contributed by atoms with Crippen molar-refractivity contribution in [2.75, 3.05) is 0 Å². The Labute approximate surface area is 137 Å². The third kappa shape index (κ3) is 3.29. The van der Waals surface area contributed by atoms with Crippen molar-refractivity contribution < 1.29 is 4.39 Å². The molecule has 0 saturated heterocycles. The van der Waals surface area contributed by atoms with Gasteiger partial charge in [0.05, 0.1) is 17.8 Å². The highest BCUT2D eigenvalue weighted by molar-refractivity contribution is 6.30. The van der Waals surface area contributed by atoms with Gasteiger partial charge in [-0.2, -0.15) is 9.49 Å². The fourth-order valence-electron chi connectivity index (χ4n) is 2.25. The fraction of sp³-hybridized carbons (Fsp3) is 0.118. The summed E-state index contributed by atoms with van der Waals surface area (Å²) < 4.78 is 15.2. The topological polar surface area (TPSA) is 47.8 Å². The van der Waals surface area contributed by atoms with Crippen LogP contribution in [0.1, 0.15) is 11.1 Å². The van der Waals surface area contributed by atoms with Crippen LogP contribution in [0, 0.1) is 12.9 Å². The predicted molar refractivity (Wildman–Crippen MR) is 87.0 cm³/mol. The number of rotatable bonds is 3. The number of aromatic nitrogens is 3. The Kier molecular flexibility index (Phi) is 4.21. The van der Waals surface area contributed by atoms with Crippen molar-refractivity contribution in [1.82, 2.24) is 14.8 Å². The Hall–Kier alpha value is -2.53. The Morgan fingerprint density at radius 2 is 1.96 bits per heavy atom. The number of benzene rings is 1. The van der Waals surface area contributed by atoms with E-state index in [4.69, 9.17) is 11.6 Å². The van der Waals surface area contributed by atoms with Gasteiger partial charge in [-0.25, -0.2) is 9.67 Å². The Balaban J connectivity index is 2.05. The van der Waals surface area contributed by atoms with Crippen LogP contribution in [-0.4, -0.2) is 14.8 Å². The summed E-state index contributed by atoms with van der Waals surface area (Å²) in [6.07, 6.45) is 1.37. The first-order valence-corrected chi connectivity index (χ1v) is 7.36. The average Bonchev–Trinajstić information content (AvgIpc) is 2.54. The number of aryl methyl sites for hydroxylation is 1. The van der Waals surface area contributed by atoms with E-state index < -0.39 is 5.95 Å². The molecule has 2 aromatic heterocycles. The first-order valence-electron chi connectivity index (χ1n) is 6.98.